The number of anilines is 1. The quantitative estimate of drug-likeness (QED) is 0.915. The molecule has 2 rings (SSSR count). The molecular formula is C14H18N2O4. The molecule has 108 valence electrons. The van der Waals surface area contributed by atoms with E-state index < -0.39 is 12.0 Å². The van der Waals surface area contributed by atoms with E-state index >= 15 is 0 Å². The molecule has 6 nitrogen and oxygen atoms in total. The fourth-order valence-electron chi connectivity index (χ4n) is 2.37. The van der Waals surface area contributed by atoms with Gasteiger partial charge >= 0.3 is 12.0 Å². The van der Waals surface area contributed by atoms with E-state index in [1.807, 2.05) is 0 Å². The Labute approximate surface area is 117 Å². The minimum atomic E-state index is -0.949. The van der Waals surface area contributed by atoms with Crippen LogP contribution in [-0.2, 0) is 4.79 Å². The minimum absolute atomic E-state index is 0.303. The fraction of sp³-hybridized carbons (Fsp3) is 0.429. The van der Waals surface area contributed by atoms with E-state index in [0.29, 0.717) is 30.8 Å². The first-order valence-electron chi connectivity index (χ1n) is 6.45. The molecular weight excluding hydrogens is 260 g/mol. The summed E-state index contributed by atoms with van der Waals surface area (Å²) in [6.07, 6.45) is 1.22. The molecule has 0 radical (unpaired) electrons. The number of ether oxygens (including phenoxy) is 1. The summed E-state index contributed by atoms with van der Waals surface area (Å²) in [7, 11) is 3.19. The summed E-state index contributed by atoms with van der Waals surface area (Å²) < 4.78 is 5.12. The molecule has 0 unspecified atom stereocenters. The van der Waals surface area contributed by atoms with Gasteiger partial charge in [-0.1, -0.05) is 6.07 Å². The molecule has 0 aliphatic carbocycles. The Morgan fingerprint density at radius 3 is 2.85 bits per heavy atom. The molecule has 6 heteroatoms. The van der Waals surface area contributed by atoms with Crippen LogP contribution in [0.15, 0.2) is 24.3 Å². The maximum absolute atomic E-state index is 12.4. The number of rotatable bonds is 3. The first-order chi connectivity index (χ1) is 9.54. The average molecular weight is 278 g/mol. The van der Waals surface area contributed by atoms with Crippen molar-refractivity contribution >= 4 is 17.7 Å². The third-order valence-corrected chi connectivity index (χ3v) is 3.51. The van der Waals surface area contributed by atoms with E-state index in [0.717, 1.165) is 0 Å². The summed E-state index contributed by atoms with van der Waals surface area (Å²) in [5.74, 6) is -0.298. The number of amides is 2. The molecule has 1 saturated heterocycles. The van der Waals surface area contributed by atoms with Crippen LogP contribution in [0.5, 0.6) is 5.75 Å². The highest BCUT2D eigenvalue weighted by molar-refractivity contribution is 5.94. The summed E-state index contributed by atoms with van der Waals surface area (Å²) >= 11 is 0. The summed E-state index contributed by atoms with van der Waals surface area (Å²) in [5.41, 5.74) is 0.672. The van der Waals surface area contributed by atoms with Crippen molar-refractivity contribution in [2.24, 2.45) is 0 Å². The third-order valence-electron chi connectivity index (χ3n) is 3.51. The SMILES string of the molecule is COc1cccc(N(C)C(=O)N2CCC[C@H]2C(=O)O)c1. The monoisotopic (exact) mass is 278 g/mol. The van der Waals surface area contributed by atoms with Crippen LogP contribution >= 0.6 is 0 Å². The van der Waals surface area contributed by atoms with E-state index in [4.69, 9.17) is 9.84 Å². The lowest BCUT2D eigenvalue weighted by Crippen LogP contribution is -2.46. The smallest absolute Gasteiger partial charge is 0.326 e. The maximum Gasteiger partial charge on any atom is 0.326 e. The second kappa shape index (κ2) is 5.81. The van der Waals surface area contributed by atoms with Gasteiger partial charge in [-0.15, -0.1) is 0 Å². The van der Waals surface area contributed by atoms with Crippen LogP contribution in [-0.4, -0.2) is 48.8 Å². The Kier molecular flexibility index (Phi) is 4.12. The Bertz CT molecular complexity index is 518. The van der Waals surface area contributed by atoms with Crippen LogP contribution in [0, 0.1) is 0 Å². The highest BCUT2D eigenvalue weighted by Crippen LogP contribution is 2.24. The zero-order chi connectivity index (χ0) is 14.7. The van der Waals surface area contributed by atoms with Crippen LogP contribution in [0.4, 0.5) is 10.5 Å². The van der Waals surface area contributed by atoms with Gasteiger partial charge in [0.05, 0.1) is 7.11 Å². The summed E-state index contributed by atoms with van der Waals surface area (Å²) in [5, 5.41) is 9.13. The molecule has 1 aromatic rings. The van der Waals surface area contributed by atoms with Crippen molar-refractivity contribution in [3.8, 4) is 5.75 Å². The number of carbonyl (C=O) groups is 2. The molecule has 1 N–H and O–H groups in total. The van der Waals surface area contributed by atoms with Crippen LogP contribution in [0.25, 0.3) is 0 Å². The molecule has 1 aliphatic heterocycles. The van der Waals surface area contributed by atoms with Crippen molar-refractivity contribution in [1.82, 2.24) is 4.90 Å². The highest BCUT2D eigenvalue weighted by atomic mass is 16.5. The van der Waals surface area contributed by atoms with Gasteiger partial charge in [0.15, 0.2) is 0 Å². The van der Waals surface area contributed by atoms with E-state index in [-0.39, 0.29) is 6.03 Å². The van der Waals surface area contributed by atoms with Gasteiger partial charge in [0.1, 0.15) is 11.8 Å². The molecule has 0 spiro atoms. The Hall–Kier alpha value is -2.24. The first-order valence-corrected chi connectivity index (χ1v) is 6.45. The number of carboxylic acids is 1. The number of urea groups is 1. The third kappa shape index (κ3) is 2.68. The number of methoxy groups -OCH3 is 1. The molecule has 0 aromatic heterocycles. The van der Waals surface area contributed by atoms with E-state index in [1.54, 1.807) is 38.4 Å². The number of carboxylic acid groups (broad SMARTS) is 1. The molecule has 0 saturated carbocycles. The van der Waals surface area contributed by atoms with Gasteiger partial charge in [-0.05, 0) is 25.0 Å². The zero-order valence-corrected chi connectivity index (χ0v) is 11.6. The largest absolute Gasteiger partial charge is 0.497 e. The Morgan fingerprint density at radius 1 is 1.45 bits per heavy atom. The lowest BCUT2D eigenvalue weighted by atomic mass is 10.2. The zero-order valence-electron chi connectivity index (χ0n) is 11.6. The second-order valence-electron chi connectivity index (χ2n) is 4.73. The summed E-state index contributed by atoms with van der Waals surface area (Å²) in [6.45, 7) is 0.476. The molecule has 1 atom stereocenters. The molecule has 1 aliphatic rings. The van der Waals surface area contributed by atoms with Gasteiger partial charge in [0, 0.05) is 25.3 Å². The van der Waals surface area contributed by atoms with Crippen molar-refractivity contribution in [2.75, 3.05) is 25.6 Å². The van der Waals surface area contributed by atoms with Gasteiger partial charge in [-0.2, -0.15) is 0 Å². The lowest BCUT2D eigenvalue weighted by molar-refractivity contribution is -0.141. The molecule has 0 bridgehead atoms. The maximum atomic E-state index is 12.4. The molecule has 1 heterocycles. The van der Waals surface area contributed by atoms with Gasteiger partial charge in [-0.3, -0.25) is 4.90 Å². The van der Waals surface area contributed by atoms with Gasteiger partial charge in [-0.25, -0.2) is 9.59 Å². The number of carbonyl (C=O) groups excluding carboxylic acids is 1. The number of benzene rings is 1. The van der Waals surface area contributed by atoms with Crippen LogP contribution < -0.4 is 9.64 Å². The van der Waals surface area contributed by atoms with E-state index in [2.05, 4.69) is 0 Å². The number of aliphatic carboxylic acids is 1. The highest BCUT2D eigenvalue weighted by Gasteiger charge is 2.35. The predicted molar refractivity (Wildman–Crippen MR) is 74.2 cm³/mol. The fourth-order valence-corrected chi connectivity index (χ4v) is 2.37. The first kappa shape index (κ1) is 14.2. The normalized spacial score (nSPS) is 17.9. The van der Waals surface area contributed by atoms with Gasteiger partial charge < -0.3 is 14.7 Å². The number of hydrogen-bond donors (Lipinski definition) is 1. The van der Waals surface area contributed by atoms with Crippen molar-refractivity contribution < 1.29 is 19.4 Å². The lowest BCUT2D eigenvalue weighted by Gasteiger charge is -2.27. The van der Waals surface area contributed by atoms with Gasteiger partial charge in [0.2, 0.25) is 0 Å². The standard InChI is InChI=1S/C14H18N2O4/c1-15(10-5-3-6-11(9-10)20-2)14(19)16-8-4-7-12(16)13(17)18/h3,5-6,9,12H,4,7-8H2,1-2H3,(H,17,18)/t12-/m0/s1. The van der Waals surface area contributed by atoms with Crippen LogP contribution in [0.3, 0.4) is 0 Å². The van der Waals surface area contributed by atoms with E-state index in [9.17, 15) is 9.59 Å². The van der Waals surface area contributed by atoms with Crippen molar-refractivity contribution in [2.45, 2.75) is 18.9 Å². The second-order valence-corrected chi connectivity index (χ2v) is 4.73. The Morgan fingerprint density at radius 2 is 2.20 bits per heavy atom. The van der Waals surface area contributed by atoms with Gasteiger partial charge in [0.25, 0.3) is 0 Å². The van der Waals surface area contributed by atoms with E-state index in [1.165, 1.54) is 9.80 Å². The minimum Gasteiger partial charge on any atom is -0.497 e. The summed E-state index contributed by atoms with van der Waals surface area (Å²) in [4.78, 5) is 26.4. The average Bonchev–Trinajstić information content (AvgIpc) is 2.95. The molecule has 2 amide bonds. The van der Waals surface area contributed by atoms with Crippen molar-refractivity contribution in [1.29, 1.82) is 0 Å². The summed E-state index contributed by atoms with van der Waals surface area (Å²) in [6, 6.07) is 6.07. The Balaban J connectivity index is 2.17. The van der Waals surface area contributed by atoms with Crippen LogP contribution in [0.1, 0.15) is 12.8 Å². The number of hydrogen-bond acceptors (Lipinski definition) is 3. The molecule has 1 aromatic carbocycles. The van der Waals surface area contributed by atoms with Crippen LogP contribution in [0.2, 0.25) is 0 Å². The van der Waals surface area contributed by atoms with Crippen molar-refractivity contribution in [3.05, 3.63) is 24.3 Å². The topological polar surface area (TPSA) is 70.1 Å². The number of likely N-dealkylation sites (tertiary alicyclic amines) is 1. The predicted octanol–water partition coefficient (Wildman–Crippen LogP) is 1.80. The molecule has 1 fully saturated rings. The molecule has 20 heavy (non-hydrogen) atoms. The van der Waals surface area contributed by atoms with Crippen molar-refractivity contribution in [3.63, 3.8) is 0 Å². The number of nitrogens with zero attached hydrogens (tertiary/aromatic N) is 2.